The number of amides is 1. The summed E-state index contributed by atoms with van der Waals surface area (Å²) in [5.41, 5.74) is -1.07. The number of hydrogen-bond donors (Lipinski definition) is 1. The fourth-order valence-electron chi connectivity index (χ4n) is 6.02. The normalized spacial score (nSPS) is 29.9. The van der Waals surface area contributed by atoms with Crippen molar-refractivity contribution in [3.63, 3.8) is 0 Å². The van der Waals surface area contributed by atoms with Crippen LogP contribution in [-0.4, -0.2) is 78.0 Å². The minimum absolute atomic E-state index is 0.0549. The second-order valence-corrected chi connectivity index (χ2v) is 15.9. The largest absolute Gasteiger partial charge is 0.519 e. The number of aryl methyl sites for hydroxylation is 1. The molecule has 2 fully saturated rings. The number of allylic oxidation sites excluding steroid dienone is 3. The maximum atomic E-state index is 14.6. The molecule has 3 aliphatic heterocycles. The second kappa shape index (κ2) is 15.1. The lowest BCUT2D eigenvalue weighted by molar-refractivity contribution is -0.264. The van der Waals surface area contributed by atoms with Gasteiger partial charge in [-0.1, -0.05) is 29.5 Å². The van der Waals surface area contributed by atoms with E-state index in [0.29, 0.717) is 54.1 Å². The summed E-state index contributed by atoms with van der Waals surface area (Å²) in [4.78, 5) is 57.2. The fourth-order valence-corrected chi connectivity index (χ4v) is 9.95. The maximum Gasteiger partial charge on any atom is 0.519 e. The summed E-state index contributed by atoms with van der Waals surface area (Å²) in [6, 6.07) is -0.726. The van der Waals surface area contributed by atoms with E-state index in [1.807, 2.05) is 0 Å². The highest BCUT2D eigenvalue weighted by atomic mass is 32.2. The first-order valence-corrected chi connectivity index (χ1v) is 18.7. The first-order chi connectivity index (χ1) is 23.2. The third-order valence-corrected chi connectivity index (χ3v) is 13.5. The molecule has 5 atom stereocenters. The van der Waals surface area contributed by atoms with Crippen molar-refractivity contribution in [3.8, 4) is 0 Å². The summed E-state index contributed by atoms with van der Waals surface area (Å²) in [5.74, 6) is -2.62. The molecule has 1 unspecified atom stereocenters. The predicted octanol–water partition coefficient (Wildman–Crippen LogP) is 4.32. The van der Waals surface area contributed by atoms with Gasteiger partial charge in [-0.05, 0) is 58.8 Å². The van der Waals surface area contributed by atoms with E-state index in [2.05, 4.69) is 4.98 Å². The van der Waals surface area contributed by atoms with Gasteiger partial charge in [0.05, 0.1) is 37.1 Å². The van der Waals surface area contributed by atoms with Crippen molar-refractivity contribution in [1.29, 1.82) is 0 Å². The third-order valence-electron chi connectivity index (χ3n) is 9.15. The Morgan fingerprint density at radius 2 is 1.90 bits per heavy atom. The number of nitrogens with zero attached hydrogens (tertiary/aromatic N) is 2. The number of rotatable bonds is 7. The van der Waals surface area contributed by atoms with E-state index in [1.54, 1.807) is 43.5 Å². The van der Waals surface area contributed by atoms with Gasteiger partial charge in [-0.15, -0.1) is 11.3 Å². The molecule has 13 nitrogen and oxygen atoms in total. The monoisotopic (exact) mass is 736 g/mol. The number of carbonyl (C=O) groups is 3. The molecule has 0 radical (unpaired) electrons. The molecular formula is C33H40N2O11S3. The topological polar surface area (TPSA) is 176 Å². The van der Waals surface area contributed by atoms with Gasteiger partial charge in [0.15, 0.2) is 17.3 Å². The van der Waals surface area contributed by atoms with Crippen LogP contribution in [0.4, 0.5) is 0 Å². The Morgan fingerprint density at radius 3 is 2.57 bits per heavy atom. The number of hydrogen-bond acceptors (Lipinski definition) is 14. The number of fused-ring (bicyclic) bond motifs is 4. The molecule has 2 saturated heterocycles. The zero-order valence-electron chi connectivity index (χ0n) is 27.9. The van der Waals surface area contributed by atoms with Gasteiger partial charge in [0.25, 0.3) is 0 Å². The summed E-state index contributed by atoms with van der Waals surface area (Å²) in [6.07, 6.45) is 7.54. The Hall–Kier alpha value is -2.99. The van der Waals surface area contributed by atoms with E-state index in [4.69, 9.17) is 23.0 Å². The molecule has 3 aliphatic rings. The van der Waals surface area contributed by atoms with Crippen LogP contribution in [0.5, 0.6) is 0 Å². The molecule has 2 aromatic heterocycles. The van der Waals surface area contributed by atoms with E-state index in [9.17, 15) is 28.5 Å². The minimum atomic E-state index is -2.29. The Morgan fingerprint density at radius 1 is 1.18 bits per heavy atom. The SMILES string of the molecule is COC1(O[C@@H]2/C=C(/C)CC[C@]3([C@@](C)(O)C(=O)SCc4oc(=O)oc4C)CC(=O)N([C@H](C)c4nc(cs4)/C=C\C=C/C2=O)S3=O)CCOCC1. The molecule has 0 aromatic carbocycles. The van der Waals surface area contributed by atoms with Crippen molar-refractivity contribution in [1.82, 2.24) is 9.29 Å². The van der Waals surface area contributed by atoms with Crippen molar-refractivity contribution in [2.24, 2.45) is 0 Å². The number of ketones is 1. The highest BCUT2D eigenvalue weighted by molar-refractivity contribution is 8.13. The highest BCUT2D eigenvalue weighted by Crippen LogP contribution is 2.48. The summed E-state index contributed by atoms with van der Waals surface area (Å²) in [7, 11) is -0.684. The number of aliphatic hydroxyl groups is 1. The number of aromatic nitrogens is 1. The second-order valence-electron chi connectivity index (χ2n) is 12.4. The molecule has 0 spiro atoms. The van der Waals surface area contributed by atoms with Crippen LogP contribution in [-0.2, 0) is 45.3 Å². The molecule has 0 saturated carbocycles. The van der Waals surface area contributed by atoms with Crippen LogP contribution in [0, 0.1) is 6.92 Å². The molecule has 2 aromatic rings. The standard InChI is InChI=1S/C33H40N2O11S3/c1-20-10-11-32(31(4,40)29(38)48-19-26-22(3)44-30(39)45-26)17-27(37)35(49(32)41)21(2)28-34-23(18-47-28)8-6-7-9-24(36)25(16-20)46-33(42-5)12-14-43-15-13-33/h6-9,16,18,21,25,40H,10-15,17,19H2,1-5H3/b8-6-,9-7-,20-16-/t21-,25-,31+,32-,49?/m1/s1. The molecule has 1 N–H and O–H groups in total. The lowest BCUT2D eigenvalue weighted by atomic mass is 9.81. The van der Waals surface area contributed by atoms with Crippen molar-refractivity contribution < 1.29 is 46.7 Å². The summed E-state index contributed by atoms with van der Waals surface area (Å²) >= 11 is 1.94. The average molecular weight is 737 g/mol. The Kier molecular flexibility index (Phi) is 11.5. The highest BCUT2D eigenvalue weighted by Gasteiger charge is 2.64. The summed E-state index contributed by atoms with van der Waals surface area (Å²) < 4.78 is 41.5. The van der Waals surface area contributed by atoms with Crippen molar-refractivity contribution in [3.05, 3.63) is 68.1 Å². The van der Waals surface area contributed by atoms with Gasteiger partial charge in [0.1, 0.15) is 38.2 Å². The predicted molar refractivity (Wildman–Crippen MR) is 183 cm³/mol. The Bertz CT molecular complexity index is 1750. The number of ether oxygens (including phenoxy) is 3. The first-order valence-electron chi connectivity index (χ1n) is 15.8. The summed E-state index contributed by atoms with van der Waals surface area (Å²) in [6.45, 7) is 7.05. The fraction of sp³-hybridized carbons (Fsp3) is 0.545. The van der Waals surface area contributed by atoms with Crippen LogP contribution < -0.4 is 5.82 Å². The van der Waals surface area contributed by atoms with Gasteiger partial charge in [-0.2, -0.15) is 0 Å². The van der Waals surface area contributed by atoms with Gasteiger partial charge in [0, 0.05) is 25.3 Å². The molecule has 0 aliphatic carbocycles. The number of thiazole rings is 1. The van der Waals surface area contributed by atoms with Crippen molar-refractivity contribution in [2.75, 3.05) is 20.3 Å². The van der Waals surface area contributed by atoms with E-state index < -0.39 is 56.1 Å². The molecule has 16 heteroatoms. The smallest absolute Gasteiger partial charge is 0.396 e. The lowest BCUT2D eigenvalue weighted by Crippen LogP contribution is -2.58. The zero-order valence-corrected chi connectivity index (χ0v) is 30.4. The quantitative estimate of drug-likeness (QED) is 0.315. The zero-order chi connectivity index (χ0) is 35.6. The van der Waals surface area contributed by atoms with Gasteiger partial charge >= 0.3 is 5.82 Å². The molecule has 49 heavy (non-hydrogen) atoms. The van der Waals surface area contributed by atoms with Gasteiger partial charge in [-0.3, -0.25) is 18.7 Å². The van der Waals surface area contributed by atoms with Crippen LogP contribution >= 0.6 is 23.1 Å². The summed E-state index contributed by atoms with van der Waals surface area (Å²) in [5, 5.41) is 13.6. The number of methoxy groups -OCH3 is 1. The molecule has 5 heterocycles. The first kappa shape index (κ1) is 37.3. The molecule has 5 rings (SSSR count). The molecule has 4 bridgehead atoms. The van der Waals surface area contributed by atoms with E-state index in [0.717, 1.165) is 0 Å². The molecule has 1 amide bonds. The average Bonchev–Trinajstić information content (AvgIpc) is 3.75. The lowest BCUT2D eigenvalue weighted by Gasteiger charge is -2.40. The maximum absolute atomic E-state index is 14.6. The number of carbonyl (C=O) groups excluding carboxylic acids is 3. The van der Waals surface area contributed by atoms with E-state index in [-0.39, 0.29) is 42.3 Å². The minimum Gasteiger partial charge on any atom is -0.396 e. The van der Waals surface area contributed by atoms with Crippen molar-refractivity contribution >= 4 is 57.0 Å². The van der Waals surface area contributed by atoms with E-state index in [1.165, 1.54) is 42.7 Å². The van der Waals surface area contributed by atoms with Gasteiger partial charge in [-0.25, -0.2) is 14.0 Å². The molecular weight excluding hydrogens is 697 g/mol. The van der Waals surface area contributed by atoms with Crippen LogP contribution in [0.3, 0.4) is 0 Å². The van der Waals surface area contributed by atoms with Crippen LogP contribution in [0.15, 0.2) is 48.9 Å². The number of thioether (sulfide) groups is 1. The van der Waals surface area contributed by atoms with Gasteiger partial charge < -0.3 is 28.2 Å². The van der Waals surface area contributed by atoms with Gasteiger partial charge in [0.2, 0.25) is 11.0 Å². The Balaban J connectivity index is 1.53. The van der Waals surface area contributed by atoms with Crippen LogP contribution in [0.25, 0.3) is 6.08 Å². The van der Waals surface area contributed by atoms with E-state index >= 15 is 0 Å². The Labute approximate surface area is 294 Å². The van der Waals surface area contributed by atoms with Crippen LogP contribution in [0.2, 0.25) is 0 Å². The third kappa shape index (κ3) is 7.70. The molecule has 266 valence electrons. The van der Waals surface area contributed by atoms with Crippen molar-refractivity contribution in [2.45, 2.75) is 93.8 Å². The van der Waals surface area contributed by atoms with Crippen LogP contribution in [0.1, 0.15) is 81.1 Å².